The van der Waals surface area contributed by atoms with Crippen molar-refractivity contribution in [3.63, 3.8) is 0 Å². The number of carbonyl (C=O) groups excluding carboxylic acids is 2. The number of esters is 2. The molecule has 2 aromatic rings. The smallest absolute Gasteiger partial charge is 0.343 e. The number of carbonyl (C=O) groups is 2. The predicted molar refractivity (Wildman–Crippen MR) is 143 cm³/mol. The van der Waals surface area contributed by atoms with E-state index in [1.807, 2.05) is 24.3 Å². The van der Waals surface area contributed by atoms with E-state index in [-0.39, 0.29) is 11.9 Å². The molecule has 0 saturated heterocycles. The highest BCUT2D eigenvalue weighted by Gasteiger charge is 2.22. The van der Waals surface area contributed by atoms with Crippen molar-refractivity contribution >= 4 is 11.9 Å². The molecule has 0 amide bonds. The van der Waals surface area contributed by atoms with Crippen molar-refractivity contribution in [2.45, 2.75) is 77.0 Å². The molecule has 0 heterocycles. The predicted octanol–water partition coefficient (Wildman–Crippen LogP) is 7.65. The van der Waals surface area contributed by atoms with Gasteiger partial charge in [-0.1, -0.05) is 38.5 Å². The second kappa shape index (κ2) is 15.1. The van der Waals surface area contributed by atoms with E-state index in [4.69, 9.17) is 14.2 Å². The van der Waals surface area contributed by atoms with Crippen molar-refractivity contribution in [2.75, 3.05) is 13.2 Å². The summed E-state index contributed by atoms with van der Waals surface area (Å²) in [6.07, 6.45) is 12.7. The van der Waals surface area contributed by atoms with Crippen LogP contribution in [0.1, 0.15) is 93.0 Å². The van der Waals surface area contributed by atoms with Gasteiger partial charge in [-0.15, -0.1) is 0 Å². The molecule has 3 rings (SSSR count). The Morgan fingerprint density at radius 1 is 0.861 bits per heavy atom. The minimum atomic E-state index is -0.375. The highest BCUT2D eigenvalue weighted by molar-refractivity contribution is 5.91. The van der Waals surface area contributed by atoms with Gasteiger partial charge in [-0.05, 0) is 105 Å². The zero-order chi connectivity index (χ0) is 25.6. The minimum absolute atomic E-state index is 0.347. The van der Waals surface area contributed by atoms with E-state index in [1.165, 1.54) is 50.2 Å². The van der Waals surface area contributed by atoms with Crippen LogP contribution in [-0.2, 0) is 9.53 Å². The summed E-state index contributed by atoms with van der Waals surface area (Å²) in [6, 6.07) is 15.1. The largest absolute Gasteiger partial charge is 0.494 e. The van der Waals surface area contributed by atoms with Crippen LogP contribution < -0.4 is 9.47 Å². The Morgan fingerprint density at radius 3 is 2.14 bits per heavy atom. The summed E-state index contributed by atoms with van der Waals surface area (Å²) in [4.78, 5) is 23.6. The molecular weight excluding hydrogens is 452 g/mol. The first kappa shape index (κ1) is 27.5. The van der Waals surface area contributed by atoms with Gasteiger partial charge in [0.05, 0.1) is 18.8 Å². The summed E-state index contributed by atoms with van der Waals surface area (Å²) in [5, 5.41) is 0. The van der Waals surface area contributed by atoms with Gasteiger partial charge in [0.2, 0.25) is 0 Å². The Hall–Kier alpha value is -3.08. The third-order valence-corrected chi connectivity index (χ3v) is 6.91. The SMILES string of the molecule is C=CC(=O)OCCCCCCOc1ccc(OC(=O)c2ccc(C3CCC(CCC)CC3)cc2)cc1. The maximum absolute atomic E-state index is 12.6. The van der Waals surface area contributed by atoms with Crippen LogP contribution in [0.15, 0.2) is 61.2 Å². The molecule has 0 N–H and O–H groups in total. The molecule has 0 spiro atoms. The van der Waals surface area contributed by atoms with Crippen molar-refractivity contribution in [3.8, 4) is 11.5 Å². The average Bonchev–Trinajstić information content (AvgIpc) is 2.91. The van der Waals surface area contributed by atoms with Crippen LogP contribution in [0.5, 0.6) is 11.5 Å². The molecule has 0 bridgehead atoms. The number of hydrogen-bond acceptors (Lipinski definition) is 5. The Bertz CT molecular complexity index is 940. The van der Waals surface area contributed by atoms with E-state index < -0.39 is 0 Å². The highest BCUT2D eigenvalue weighted by atomic mass is 16.5. The van der Waals surface area contributed by atoms with Crippen molar-refractivity contribution in [3.05, 3.63) is 72.3 Å². The van der Waals surface area contributed by atoms with Gasteiger partial charge in [0, 0.05) is 6.08 Å². The van der Waals surface area contributed by atoms with Gasteiger partial charge in [0.25, 0.3) is 0 Å². The Morgan fingerprint density at radius 2 is 1.50 bits per heavy atom. The molecule has 0 unspecified atom stereocenters. The van der Waals surface area contributed by atoms with Crippen molar-refractivity contribution in [1.82, 2.24) is 0 Å². The molecule has 1 saturated carbocycles. The van der Waals surface area contributed by atoms with E-state index in [2.05, 4.69) is 25.6 Å². The van der Waals surface area contributed by atoms with E-state index >= 15 is 0 Å². The number of unbranched alkanes of at least 4 members (excludes halogenated alkanes) is 3. The van der Waals surface area contributed by atoms with Gasteiger partial charge >= 0.3 is 11.9 Å². The molecule has 1 aliphatic rings. The normalized spacial score (nSPS) is 17.2. The third kappa shape index (κ3) is 9.18. The lowest BCUT2D eigenvalue weighted by molar-refractivity contribution is -0.137. The lowest BCUT2D eigenvalue weighted by atomic mass is 9.77. The standard InChI is InChI=1S/C31H40O5/c1-3-9-24-10-12-25(13-11-24)26-14-16-27(17-15-26)31(33)36-29-20-18-28(19-21-29)34-22-7-5-6-8-23-35-30(32)4-2/h4,14-21,24-25H,2-3,5-13,22-23H2,1H3. The van der Waals surface area contributed by atoms with Crippen LogP contribution >= 0.6 is 0 Å². The maximum Gasteiger partial charge on any atom is 0.343 e. The second-order valence-electron chi connectivity index (χ2n) is 9.62. The van der Waals surface area contributed by atoms with E-state index in [0.29, 0.717) is 30.4 Å². The zero-order valence-electron chi connectivity index (χ0n) is 21.6. The Kier molecular flexibility index (Phi) is 11.6. The maximum atomic E-state index is 12.6. The molecule has 5 nitrogen and oxygen atoms in total. The summed E-state index contributed by atoms with van der Waals surface area (Å²) in [5.41, 5.74) is 1.90. The number of benzene rings is 2. The van der Waals surface area contributed by atoms with Crippen LogP contribution in [0.3, 0.4) is 0 Å². The van der Waals surface area contributed by atoms with E-state index in [0.717, 1.165) is 37.4 Å². The first-order chi connectivity index (χ1) is 17.6. The summed E-state index contributed by atoms with van der Waals surface area (Å²) < 4.78 is 16.3. The second-order valence-corrected chi connectivity index (χ2v) is 9.62. The summed E-state index contributed by atoms with van der Waals surface area (Å²) in [7, 11) is 0. The van der Waals surface area contributed by atoms with Gasteiger partial charge in [-0.2, -0.15) is 0 Å². The van der Waals surface area contributed by atoms with E-state index in [1.54, 1.807) is 12.1 Å². The topological polar surface area (TPSA) is 61.8 Å². The zero-order valence-corrected chi connectivity index (χ0v) is 21.6. The Balaban J connectivity index is 1.35. The molecule has 0 aliphatic heterocycles. The number of hydrogen-bond donors (Lipinski definition) is 0. The first-order valence-electron chi connectivity index (χ1n) is 13.4. The summed E-state index contributed by atoms with van der Waals surface area (Å²) in [5.74, 6) is 2.02. The molecule has 0 aromatic heterocycles. The molecule has 36 heavy (non-hydrogen) atoms. The van der Waals surface area contributed by atoms with Crippen LogP contribution in [0.25, 0.3) is 0 Å². The molecular formula is C31H40O5. The van der Waals surface area contributed by atoms with Crippen molar-refractivity contribution in [1.29, 1.82) is 0 Å². The highest BCUT2D eigenvalue weighted by Crippen LogP contribution is 2.37. The third-order valence-electron chi connectivity index (χ3n) is 6.91. The minimum Gasteiger partial charge on any atom is -0.494 e. The molecule has 2 aromatic carbocycles. The van der Waals surface area contributed by atoms with Crippen molar-refractivity contribution < 1.29 is 23.8 Å². The van der Waals surface area contributed by atoms with Crippen LogP contribution in [0.2, 0.25) is 0 Å². The fraction of sp³-hybridized carbons (Fsp3) is 0.484. The fourth-order valence-electron chi connectivity index (χ4n) is 4.83. The monoisotopic (exact) mass is 492 g/mol. The van der Waals surface area contributed by atoms with Gasteiger partial charge in [0.1, 0.15) is 11.5 Å². The van der Waals surface area contributed by atoms with Gasteiger partial charge in [-0.3, -0.25) is 0 Å². The molecule has 194 valence electrons. The Labute approximate surface area is 215 Å². The molecule has 5 heteroatoms. The quantitative estimate of drug-likeness (QED) is 0.117. The lowest BCUT2D eigenvalue weighted by Crippen LogP contribution is -2.13. The van der Waals surface area contributed by atoms with Crippen LogP contribution in [0, 0.1) is 5.92 Å². The van der Waals surface area contributed by atoms with Crippen LogP contribution in [-0.4, -0.2) is 25.2 Å². The molecule has 0 radical (unpaired) electrons. The number of rotatable bonds is 14. The first-order valence-corrected chi connectivity index (χ1v) is 13.4. The summed E-state index contributed by atoms with van der Waals surface area (Å²) in [6.45, 7) is 6.68. The number of ether oxygens (including phenoxy) is 3. The molecule has 1 fully saturated rings. The fourth-order valence-corrected chi connectivity index (χ4v) is 4.83. The van der Waals surface area contributed by atoms with Crippen LogP contribution in [0.4, 0.5) is 0 Å². The van der Waals surface area contributed by atoms with Gasteiger partial charge in [0.15, 0.2) is 0 Å². The van der Waals surface area contributed by atoms with Gasteiger partial charge in [-0.25, -0.2) is 9.59 Å². The molecule has 1 aliphatic carbocycles. The van der Waals surface area contributed by atoms with Crippen molar-refractivity contribution in [2.24, 2.45) is 5.92 Å². The van der Waals surface area contributed by atoms with Gasteiger partial charge < -0.3 is 14.2 Å². The average molecular weight is 493 g/mol. The van der Waals surface area contributed by atoms with E-state index in [9.17, 15) is 9.59 Å². The summed E-state index contributed by atoms with van der Waals surface area (Å²) >= 11 is 0. The lowest BCUT2D eigenvalue weighted by Gasteiger charge is -2.28. The molecule has 0 atom stereocenters.